The number of hydrogen-bond acceptors (Lipinski definition) is 7. The summed E-state index contributed by atoms with van der Waals surface area (Å²) in [5.41, 5.74) is 5.57. The standard InChI is InChI=1S/C29H51BN4O8/c1-5-15-28(2,3)19-29(4,30)16-8-10-24(37)33-22(27(41)42)12-14-25(38)34-21(26(39)40)11-13-23(36)32-17-7-6-9-20(31)18-35/h18,20-22H,5-17,19,31H2,1-4H3,(H,32,36)(H,33,37)(H,34,38)(H,39,40)(H,41,42)/t20-,21-,22-,29?/m0/s1. The molecule has 0 spiro atoms. The van der Waals surface area contributed by atoms with E-state index in [4.69, 9.17) is 13.6 Å². The summed E-state index contributed by atoms with van der Waals surface area (Å²) in [6, 6.07) is -3.18. The van der Waals surface area contributed by atoms with E-state index in [1.807, 2.05) is 6.92 Å². The van der Waals surface area contributed by atoms with Crippen LogP contribution >= 0.6 is 0 Å². The number of carbonyl (C=O) groups excluding carboxylic acids is 4. The Balaban J connectivity index is 4.58. The number of carboxylic acid groups (broad SMARTS) is 2. The van der Waals surface area contributed by atoms with E-state index in [1.54, 1.807) is 0 Å². The summed E-state index contributed by atoms with van der Waals surface area (Å²) in [6.45, 7) is 8.75. The Morgan fingerprint density at radius 3 is 1.83 bits per heavy atom. The van der Waals surface area contributed by atoms with Crippen LogP contribution < -0.4 is 21.7 Å². The second-order valence-corrected chi connectivity index (χ2v) is 12.2. The monoisotopic (exact) mass is 594 g/mol. The van der Waals surface area contributed by atoms with Crippen LogP contribution in [0.4, 0.5) is 0 Å². The van der Waals surface area contributed by atoms with Crippen molar-refractivity contribution in [3.8, 4) is 0 Å². The van der Waals surface area contributed by atoms with Crippen molar-refractivity contribution in [3.05, 3.63) is 0 Å². The van der Waals surface area contributed by atoms with Crippen LogP contribution in [-0.4, -0.2) is 78.7 Å². The minimum absolute atomic E-state index is 0.0790. The Bertz CT molecular complexity index is 897. The van der Waals surface area contributed by atoms with Crippen LogP contribution in [0.25, 0.3) is 0 Å². The van der Waals surface area contributed by atoms with E-state index in [1.165, 1.54) is 0 Å². The van der Waals surface area contributed by atoms with Crippen LogP contribution in [0.1, 0.15) is 111 Å². The number of nitrogens with two attached hydrogens (primary N) is 1. The summed E-state index contributed by atoms with van der Waals surface area (Å²) in [6.07, 6.45) is 5.62. The number of carboxylic acids is 2. The normalized spacial score (nSPS) is 15.0. The number of aliphatic carboxylic acids is 2. The van der Waals surface area contributed by atoms with E-state index in [-0.39, 0.29) is 43.4 Å². The SMILES string of the molecule is [B]C(C)(CCCC(=O)N[C@@H](CCC(=O)N[C@@H](CCC(=O)NCCCC[C@H](N)C=O)C(=O)O)C(=O)O)CC(C)(C)CCC. The lowest BCUT2D eigenvalue weighted by molar-refractivity contribution is -0.143. The zero-order valence-corrected chi connectivity index (χ0v) is 25.7. The molecular weight excluding hydrogens is 543 g/mol. The number of hydrogen-bond donors (Lipinski definition) is 6. The van der Waals surface area contributed by atoms with Crippen molar-refractivity contribution < 1.29 is 39.0 Å². The van der Waals surface area contributed by atoms with Crippen molar-refractivity contribution in [2.24, 2.45) is 11.1 Å². The number of aldehydes is 1. The van der Waals surface area contributed by atoms with Gasteiger partial charge < -0.3 is 36.7 Å². The molecule has 0 saturated heterocycles. The van der Waals surface area contributed by atoms with Crippen LogP contribution in [0.3, 0.4) is 0 Å². The average molecular weight is 595 g/mol. The van der Waals surface area contributed by atoms with E-state index >= 15 is 0 Å². The highest BCUT2D eigenvalue weighted by Gasteiger charge is 2.28. The van der Waals surface area contributed by atoms with Crippen molar-refractivity contribution in [2.45, 2.75) is 135 Å². The largest absolute Gasteiger partial charge is 0.480 e. The topological polar surface area (TPSA) is 205 Å². The molecule has 0 aromatic heterocycles. The molecule has 0 aliphatic rings. The lowest BCUT2D eigenvalue weighted by Crippen LogP contribution is -2.44. The quantitative estimate of drug-likeness (QED) is 0.0550. The molecule has 0 aromatic carbocycles. The van der Waals surface area contributed by atoms with Crippen LogP contribution in [0.2, 0.25) is 5.31 Å². The van der Waals surface area contributed by atoms with E-state index in [0.29, 0.717) is 44.9 Å². The molecular formula is C29H51BN4O8. The van der Waals surface area contributed by atoms with Crippen molar-refractivity contribution in [1.82, 2.24) is 16.0 Å². The highest BCUT2D eigenvalue weighted by atomic mass is 16.4. The second-order valence-electron chi connectivity index (χ2n) is 12.2. The zero-order chi connectivity index (χ0) is 32.3. The Kier molecular flexibility index (Phi) is 18.6. The average Bonchev–Trinajstić information content (AvgIpc) is 2.87. The third-order valence-corrected chi connectivity index (χ3v) is 7.01. The van der Waals surface area contributed by atoms with Crippen LogP contribution in [0.15, 0.2) is 0 Å². The van der Waals surface area contributed by atoms with Gasteiger partial charge in [0.25, 0.3) is 0 Å². The lowest BCUT2D eigenvalue weighted by Gasteiger charge is -2.35. The maximum absolute atomic E-state index is 12.4. The molecule has 0 rings (SSSR count). The Hall–Kier alpha value is -2.96. The molecule has 0 bridgehead atoms. The first-order chi connectivity index (χ1) is 19.5. The molecule has 0 fully saturated rings. The minimum atomic E-state index is -1.33. The van der Waals surface area contributed by atoms with E-state index in [0.717, 1.165) is 19.3 Å². The van der Waals surface area contributed by atoms with Gasteiger partial charge in [0.1, 0.15) is 18.4 Å². The van der Waals surface area contributed by atoms with Gasteiger partial charge in [-0.2, -0.15) is 0 Å². The van der Waals surface area contributed by atoms with Crippen LogP contribution in [-0.2, 0) is 28.8 Å². The predicted octanol–water partition coefficient (Wildman–Crippen LogP) is 2.23. The molecule has 2 radical (unpaired) electrons. The fourth-order valence-corrected chi connectivity index (χ4v) is 5.09. The predicted molar refractivity (Wildman–Crippen MR) is 160 cm³/mol. The Morgan fingerprint density at radius 1 is 0.810 bits per heavy atom. The fourth-order valence-electron chi connectivity index (χ4n) is 5.09. The molecule has 12 nitrogen and oxygen atoms in total. The maximum Gasteiger partial charge on any atom is 0.326 e. The molecule has 0 heterocycles. The summed E-state index contributed by atoms with van der Waals surface area (Å²) < 4.78 is 0. The Morgan fingerprint density at radius 2 is 1.33 bits per heavy atom. The third-order valence-electron chi connectivity index (χ3n) is 7.01. The van der Waals surface area contributed by atoms with Gasteiger partial charge in [-0.1, -0.05) is 52.3 Å². The van der Waals surface area contributed by atoms with E-state index in [2.05, 4.69) is 36.7 Å². The first-order valence-electron chi connectivity index (χ1n) is 14.8. The van der Waals surface area contributed by atoms with Gasteiger partial charge in [0, 0.05) is 25.8 Å². The molecule has 0 aliphatic carbocycles. The molecule has 4 atom stereocenters. The van der Waals surface area contributed by atoms with Gasteiger partial charge in [0.2, 0.25) is 17.7 Å². The maximum atomic E-state index is 12.4. The summed E-state index contributed by atoms with van der Waals surface area (Å²) in [7, 11) is 6.45. The third kappa shape index (κ3) is 19.2. The second kappa shape index (κ2) is 20.0. The molecule has 7 N–H and O–H groups in total. The van der Waals surface area contributed by atoms with Crippen molar-refractivity contribution >= 4 is 43.8 Å². The highest BCUT2D eigenvalue weighted by molar-refractivity contribution is 6.14. The van der Waals surface area contributed by atoms with Crippen molar-refractivity contribution in [1.29, 1.82) is 0 Å². The minimum Gasteiger partial charge on any atom is -0.480 e. The van der Waals surface area contributed by atoms with Crippen LogP contribution in [0.5, 0.6) is 0 Å². The number of carbonyl (C=O) groups is 6. The summed E-state index contributed by atoms with van der Waals surface area (Å²) in [5, 5.41) is 25.8. The number of unbranched alkanes of at least 4 members (excludes halogenated alkanes) is 1. The number of rotatable bonds is 24. The molecule has 1 unspecified atom stereocenters. The van der Waals surface area contributed by atoms with Crippen molar-refractivity contribution in [3.63, 3.8) is 0 Å². The number of amides is 3. The van der Waals surface area contributed by atoms with Gasteiger partial charge in [-0.05, 0) is 50.4 Å². The molecule has 13 heteroatoms. The molecule has 0 saturated carbocycles. The molecule has 238 valence electrons. The first-order valence-corrected chi connectivity index (χ1v) is 14.8. The van der Waals surface area contributed by atoms with Gasteiger partial charge in [-0.15, -0.1) is 0 Å². The number of nitrogens with one attached hydrogen (secondary N) is 3. The van der Waals surface area contributed by atoms with Crippen LogP contribution in [0, 0.1) is 5.41 Å². The van der Waals surface area contributed by atoms with Gasteiger partial charge >= 0.3 is 11.9 Å². The van der Waals surface area contributed by atoms with E-state index < -0.39 is 47.2 Å². The summed E-state index contributed by atoms with van der Waals surface area (Å²) in [5.74, 6) is -4.19. The van der Waals surface area contributed by atoms with Crippen molar-refractivity contribution in [2.75, 3.05) is 6.54 Å². The zero-order valence-electron chi connectivity index (χ0n) is 25.7. The smallest absolute Gasteiger partial charge is 0.326 e. The summed E-state index contributed by atoms with van der Waals surface area (Å²) in [4.78, 5) is 70.5. The molecule has 42 heavy (non-hydrogen) atoms. The molecule has 0 aliphatic heterocycles. The van der Waals surface area contributed by atoms with Gasteiger partial charge in [0.05, 0.1) is 13.9 Å². The summed E-state index contributed by atoms with van der Waals surface area (Å²) >= 11 is 0. The van der Waals surface area contributed by atoms with Gasteiger partial charge in [-0.25, -0.2) is 9.59 Å². The van der Waals surface area contributed by atoms with Gasteiger partial charge in [0.15, 0.2) is 0 Å². The van der Waals surface area contributed by atoms with E-state index in [9.17, 15) is 39.0 Å². The highest BCUT2D eigenvalue weighted by Crippen LogP contribution is 2.43. The fraction of sp³-hybridized carbons (Fsp3) is 0.793. The molecule has 0 aromatic rings. The molecule has 3 amide bonds. The van der Waals surface area contributed by atoms with Gasteiger partial charge in [-0.3, -0.25) is 14.4 Å². The lowest BCUT2D eigenvalue weighted by atomic mass is 9.59. The first kappa shape index (κ1) is 39.0. The Labute approximate surface area is 251 Å².